The maximum atomic E-state index is 14.2. The number of aromatic carboxylic acids is 1. The summed E-state index contributed by atoms with van der Waals surface area (Å²) in [6.45, 7) is -7.99. The standard InChI is InChI=1S/C55H84O43S/c56-5-15-39-23(63)31(71)48(83-15)92-40-16(6-57)85-50(33(73)25(40)65)94-42-18(8-59)87-52(35(75)27(42)67)96-44-20(10-61)89-54(37(77)29(44)69)98-46-22(12-99(81,82)14-3-1-13(2-4-14)47(79)80)90-55(38(78)30(46)70)97-45-21(11-62)88-53(36(76)28(45)68)95-43-19(9-60)86-51(34(74)26(43)66)93-41-17(7-58)84-49(91-39)32(72)24(41)64/h1-4,15-46,48-78H,5-12H2,(H,79,80)/t15-,16-,17-,18-,19-,20-,21-,22-,23-,24-,25-,26-,27-,28-,29-,30-,31-,32-,33-,34-,35-,36-,37-,38-,39-,40-,41-,42-,43-,44-,45-,46-,48-,49-,50-,51-,52-,53-,54-,55-/m1/s1. The first-order chi connectivity index (χ1) is 46.9. The highest BCUT2D eigenvalue weighted by molar-refractivity contribution is 7.91. The molecule has 31 rings (SSSR count). The number of aliphatic hydroxyl groups excluding tert-OH is 23. The summed E-state index contributed by atoms with van der Waals surface area (Å²) in [5, 5.41) is 267. The number of hydrogen-bond acceptors (Lipinski definition) is 42. The summed E-state index contributed by atoms with van der Waals surface area (Å²) in [4.78, 5) is 11.1. The van der Waals surface area contributed by atoms with Gasteiger partial charge in [0.25, 0.3) is 0 Å². The number of sulfone groups is 1. The third kappa shape index (κ3) is 15.8. The molecule has 40 atom stereocenters. The van der Waals surface area contributed by atoms with E-state index in [4.69, 9.17) is 75.8 Å². The van der Waals surface area contributed by atoms with Gasteiger partial charge in [0.05, 0.1) is 62.5 Å². The van der Waals surface area contributed by atoms with Crippen LogP contribution in [0.2, 0.25) is 0 Å². The summed E-state index contributed by atoms with van der Waals surface area (Å²) in [5.41, 5.74) is -0.359. The molecule has 30 saturated heterocycles. The molecule has 1 aromatic carbocycles. The molecule has 0 saturated carbocycles. The van der Waals surface area contributed by atoms with E-state index in [0.717, 1.165) is 24.3 Å². The lowest BCUT2D eigenvalue weighted by atomic mass is 9.95. The molecule has 0 unspecified atom stereocenters. The number of rotatable bonds is 11. The van der Waals surface area contributed by atoms with Gasteiger partial charge in [0.1, 0.15) is 195 Å². The highest BCUT2D eigenvalue weighted by atomic mass is 32.2. The van der Waals surface area contributed by atoms with Gasteiger partial charge in [0, 0.05) is 0 Å². The second-order valence-electron chi connectivity index (χ2n) is 24.9. The minimum atomic E-state index is -4.78. The first-order valence-electron chi connectivity index (χ1n) is 31.1. The quantitative estimate of drug-likeness (QED) is 0.0978. The lowest BCUT2D eigenvalue weighted by Crippen LogP contribution is -2.69. The van der Waals surface area contributed by atoms with E-state index in [9.17, 15) is 136 Å². The van der Waals surface area contributed by atoms with Crippen LogP contribution in [0, 0.1) is 0 Å². The molecular weight excluding hydrogens is 1380 g/mol. The lowest BCUT2D eigenvalue weighted by molar-refractivity contribution is -0.403. The molecule has 568 valence electrons. The Labute approximate surface area is 558 Å². The van der Waals surface area contributed by atoms with Crippen molar-refractivity contribution in [3.05, 3.63) is 29.8 Å². The molecule has 30 heterocycles. The van der Waals surface area contributed by atoms with Crippen molar-refractivity contribution in [2.45, 2.75) is 251 Å². The van der Waals surface area contributed by atoms with Gasteiger partial charge in [-0.1, -0.05) is 0 Å². The van der Waals surface area contributed by atoms with Crippen LogP contribution in [0.1, 0.15) is 10.4 Å². The van der Waals surface area contributed by atoms with E-state index in [-0.39, 0.29) is 5.56 Å². The zero-order valence-electron chi connectivity index (χ0n) is 51.5. The first kappa shape index (κ1) is 78.7. The van der Waals surface area contributed by atoms with Crippen LogP contribution in [-0.2, 0) is 85.6 Å². The number of ether oxygens (including phenoxy) is 16. The average Bonchev–Trinajstić information content (AvgIpc) is 0.775. The summed E-state index contributed by atoms with van der Waals surface area (Å²) in [7, 11) is -4.78. The van der Waals surface area contributed by atoms with Gasteiger partial charge >= 0.3 is 5.97 Å². The number of carbonyl (C=O) groups is 1. The number of benzene rings is 1. The predicted molar refractivity (Wildman–Crippen MR) is 299 cm³/mol. The molecule has 30 fully saturated rings. The zero-order chi connectivity index (χ0) is 72.1. The Bertz CT molecular complexity index is 2840. The Morgan fingerprint density at radius 1 is 0.263 bits per heavy atom. The number of hydrogen-bond donors (Lipinski definition) is 24. The lowest BCUT2D eigenvalue weighted by Gasteiger charge is -2.50. The summed E-state index contributed by atoms with van der Waals surface area (Å²) >= 11 is 0. The monoisotopic (exact) mass is 1460 g/mol. The minimum Gasteiger partial charge on any atom is -0.478 e. The molecule has 24 N–H and O–H groups in total. The van der Waals surface area contributed by atoms with Crippen LogP contribution in [0.25, 0.3) is 0 Å². The van der Waals surface area contributed by atoms with Crippen LogP contribution in [0.4, 0.5) is 0 Å². The molecule has 1 aromatic rings. The second-order valence-corrected chi connectivity index (χ2v) is 26.9. The highest BCUT2D eigenvalue weighted by Crippen LogP contribution is 2.40. The molecular formula is C55H84O43S. The van der Waals surface area contributed by atoms with Crippen molar-refractivity contribution in [2.24, 2.45) is 0 Å². The summed E-state index contributed by atoms with van der Waals surface area (Å²) in [6, 6.07) is 3.59. The van der Waals surface area contributed by atoms with Crippen molar-refractivity contribution in [1.29, 1.82) is 0 Å². The van der Waals surface area contributed by atoms with E-state index in [1.54, 1.807) is 0 Å². The topological polar surface area (TPSA) is 684 Å². The zero-order valence-corrected chi connectivity index (χ0v) is 52.3. The minimum absolute atomic E-state index is 0.359. The molecule has 0 radical (unpaired) electrons. The number of carboxylic acid groups (broad SMARTS) is 1. The normalized spacial score (nSPS) is 50.6. The summed E-state index contributed by atoms with van der Waals surface area (Å²) in [6.07, 6.45) is -86.2. The van der Waals surface area contributed by atoms with E-state index in [1.807, 2.05) is 0 Å². The Kier molecular flexibility index (Phi) is 26.1. The van der Waals surface area contributed by atoms with Crippen molar-refractivity contribution in [3.8, 4) is 0 Å². The van der Waals surface area contributed by atoms with Crippen molar-refractivity contribution < 1.29 is 212 Å². The Hall–Kier alpha value is -2.92. The van der Waals surface area contributed by atoms with E-state index >= 15 is 0 Å². The third-order valence-corrected chi connectivity index (χ3v) is 20.3. The first-order valence-corrected chi connectivity index (χ1v) is 32.8. The van der Waals surface area contributed by atoms with E-state index in [2.05, 4.69) is 0 Å². The van der Waals surface area contributed by atoms with Crippen LogP contribution in [0.15, 0.2) is 29.2 Å². The molecule has 99 heavy (non-hydrogen) atoms. The van der Waals surface area contributed by atoms with Gasteiger partial charge < -0.3 is 198 Å². The third-order valence-electron chi connectivity index (χ3n) is 18.6. The fraction of sp³-hybridized carbons (Fsp3) is 0.873. The van der Waals surface area contributed by atoms with Gasteiger partial charge in [-0.05, 0) is 24.3 Å². The van der Waals surface area contributed by atoms with Crippen molar-refractivity contribution >= 4 is 15.8 Å². The summed E-state index contributed by atoms with van der Waals surface area (Å²) < 4.78 is 120. The predicted octanol–water partition coefficient (Wildman–Crippen LogP) is -16.2. The SMILES string of the molecule is O=C(O)c1ccc(S(=O)(=O)C[C@H]2O[C@@H]3O[C@H]4[C@H](O)[C@@H](O)[C@@H](O[C@H]5[C@H](O)[C@@H](O)[C@@H](O[C@H]6[C@H](O)[C@@H](O)[C@@H](O[C@H]7[C@H](O)[C@@H](O)[C@@H](O[C@H]8[C@H](O)[C@@H](O)[C@@H](O[C@H]9[C@H](O)[C@@H](O)[C@@H](O[C@H]%10[C@H](O)[C@@H](O)[C@@H](O[C@H]2[C@H](O)[C@H]3O)O[C@@H]%10CO)O[C@@H]9CO)O[C@@H]8CO)O[C@@H]7CO)O[C@@H]6CO)O[C@@H]5CO)O[C@@H]4CO)cc1. The molecule has 30 aliphatic rings. The maximum Gasteiger partial charge on any atom is 0.335 e. The molecule has 0 aromatic heterocycles. The van der Waals surface area contributed by atoms with Gasteiger partial charge in [-0.15, -0.1) is 0 Å². The molecule has 30 aliphatic heterocycles. The molecule has 0 amide bonds. The number of carboxylic acids is 1. The van der Waals surface area contributed by atoms with Crippen molar-refractivity contribution in [1.82, 2.24) is 0 Å². The molecule has 16 bridgehead atoms. The van der Waals surface area contributed by atoms with E-state index in [0.29, 0.717) is 0 Å². The molecule has 0 spiro atoms. The van der Waals surface area contributed by atoms with Crippen LogP contribution < -0.4 is 0 Å². The number of aliphatic hydroxyl groups is 23. The molecule has 44 heteroatoms. The van der Waals surface area contributed by atoms with Gasteiger partial charge in [-0.25, -0.2) is 13.2 Å². The average molecular weight is 1470 g/mol. The Morgan fingerprint density at radius 2 is 0.424 bits per heavy atom. The van der Waals surface area contributed by atoms with Crippen LogP contribution in [-0.4, -0.2) is 435 Å². The van der Waals surface area contributed by atoms with Crippen molar-refractivity contribution in [3.63, 3.8) is 0 Å². The molecule has 43 nitrogen and oxygen atoms in total. The second kappa shape index (κ2) is 32.8. The summed E-state index contributed by atoms with van der Waals surface area (Å²) in [5.74, 6) is -2.77. The Balaban J connectivity index is 0.946. The Morgan fingerprint density at radius 3 is 0.586 bits per heavy atom. The largest absolute Gasteiger partial charge is 0.478 e. The van der Waals surface area contributed by atoms with Crippen LogP contribution >= 0.6 is 0 Å². The van der Waals surface area contributed by atoms with Crippen LogP contribution in [0.5, 0.6) is 0 Å². The fourth-order valence-corrected chi connectivity index (χ4v) is 14.5. The van der Waals surface area contributed by atoms with E-state index in [1.165, 1.54) is 0 Å². The van der Waals surface area contributed by atoms with Gasteiger partial charge in [-0.3, -0.25) is 0 Å². The van der Waals surface area contributed by atoms with E-state index < -0.39 is 318 Å². The highest BCUT2D eigenvalue weighted by Gasteiger charge is 2.61. The van der Waals surface area contributed by atoms with Crippen molar-refractivity contribution in [2.75, 3.05) is 52.0 Å². The molecule has 0 aliphatic carbocycles. The van der Waals surface area contributed by atoms with Gasteiger partial charge in [0.2, 0.25) is 0 Å². The fourth-order valence-electron chi connectivity index (χ4n) is 13.0. The maximum absolute atomic E-state index is 14.2. The van der Waals surface area contributed by atoms with Crippen LogP contribution in [0.3, 0.4) is 0 Å². The smallest absolute Gasteiger partial charge is 0.335 e. The van der Waals surface area contributed by atoms with Gasteiger partial charge in [-0.2, -0.15) is 0 Å². The van der Waals surface area contributed by atoms with Gasteiger partial charge in [0.15, 0.2) is 60.2 Å².